The highest BCUT2D eigenvalue weighted by atomic mass is 79.9. The van der Waals surface area contributed by atoms with Crippen molar-refractivity contribution >= 4 is 21.6 Å². The minimum absolute atomic E-state index is 0.213. The molecule has 0 amide bonds. The molecular weight excluding hydrogens is 325 g/mol. The van der Waals surface area contributed by atoms with Crippen LogP contribution in [0.15, 0.2) is 46.9 Å². The van der Waals surface area contributed by atoms with E-state index in [4.69, 9.17) is 4.74 Å². The van der Waals surface area contributed by atoms with Crippen LogP contribution < -0.4 is 10.1 Å². The maximum atomic E-state index is 13.9. The molecule has 2 aromatic rings. The summed E-state index contributed by atoms with van der Waals surface area (Å²) in [5, 5.41) is 12.6. The van der Waals surface area contributed by atoms with Gasteiger partial charge in [0.2, 0.25) is 0 Å². The van der Waals surface area contributed by atoms with E-state index in [1.165, 1.54) is 6.07 Å². The first-order chi connectivity index (χ1) is 9.63. The van der Waals surface area contributed by atoms with Crippen molar-refractivity contribution in [3.8, 4) is 5.75 Å². The van der Waals surface area contributed by atoms with E-state index < -0.39 is 6.04 Å². The highest BCUT2D eigenvalue weighted by molar-refractivity contribution is 9.10. The Morgan fingerprint density at radius 2 is 2.10 bits per heavy atom. The highest BCUT2D eigenvalue weighted by Crippen LogP contribution is 2.26. The highest BCUT2D eigenvalue weighted by Gasteiger charge is 2.15. The van der Waals surface area contributed by atoms with Gasteiger partial charge >= 0.3 is 0 Å². The van der Waals surface area contributed by atoms with Crippen LogP contribution in [0.3, 0.4) is 0 Å². The van der Waals surface area contributed by atoms with Gasteiger partial charge in [-0.2, -0.15) is 0 Å². The predicted octanol–water partition coefficient (Wildman–Crippen LogP) is 3.74. The second-order valence-corrected chi connectivity index (χ2v) is 5.19. The zero-order chi connectivity index (χ0) is 14.5. The SMILES string of the molecule is COc1cccc(NC(CO)c2ccc(Br)cc2F)c1. The average Bonchev–Trinajstić information content (AvgIpc) is 2.45. The first-order valence-electron chi connectivity index (χ1n) is 6.10. The Bertz CT molecular complexity index is 592. The first kappa shape index (κ1) is 14.8. The van der Waals surface area contributed by atoms with Crippen LogP contribution in [0.1, 0.15) is 11.6 Å². The summed E-state index contributed by atoms with van der Waals surface area (Å²) in [5.74, 6) is 0.330. The summed E-state index contributed by atoms with van der Waals surface area (Å²) in [6, 6.07) is 11.5. The summed E-state index contributed by atoms with van der Waals surface area (Å²) < 4.78 is 19.7. The maximum absolute atomic E-state index is 13.9. The third-order valence-electron chi connectivity index (χ3n) is 2.93. The molecule has 0 fully saturated rings. The lowest BCUT2D eigenvalue weighted by molar-refractivity contribution is 0.274. The number of halogens is 2. The van der Waals surface area contributed by atoms with Gasteiger partial charge in [0.25, 0.3) is 0 Å². The van der Waals surface area contributed by atoms with Crippen LogP contribution in [-0.4, -0.2) is 18.8 Å². The van der Waals surface area contributed by atoms with Gasteiger partial charge in [-0.05, 0) is 24.3 Å². The van der Waals surface area contributed by atoms with Crippen molar-refractivity contribution in [1.29, 1.82) is 0 Å². The summed E-state index contributed by atoms with van der Waals surface area (Å²) >= 11 is 3.21. The maximum Gasteiger partial charge on any atom is 0.129 e. The summed E-state index contributed by atoms with van der Waals surface area (Å²) in [5.41, 5.74) is 1.17. The fourth-order valence-electron chi connectivity index (χ4n) is 1.92. The molecule has 0 spiro atoms. The molecule has 0 aliphatic rings. The van der Waals surface area contributed by atoms with Crippen LogP contribution in [0.2, 0.25) is 0 Å². The molecule has 1 unspecified atom stereocenters. The lowest BCUT2D eigenvalue weighted by atomic mass is 10.1. The molecule has 0 aliphatic heterocycles. The Hall–Kier alpha value is -1.59. The number of methoxy groups -OCH3 is 1. The smallest absolute Gasteiger partial charge is 0.129 e. The molecule has 0 heterocycles. The van der Waals surface area contributed by atoms with E-state index >= 15 is 0 Å². The molecule has 0 aliphatic carbocycles. The van der Waals surface area contributed by atoms with E-state index in [1.54, 1.807) is 25.3 Å². The van der Waals surface area contributed by atoms with Gasteiger partial charge in [-0.15, -0.1) is 0 Å². The quantitative estimate of drug-likeness (QED) is 0.871. The number of ether oxygens (including phenoxy) is 1. The molecule has 5 heteroatoms. The van der Waals surface area contributed by atoms with Crippen LogP contribution in [-0.2, 0) is 0 Å². The van der Waals surface area contributed by atoms with Gasteiger partial charge in [0.1, 0.15) is 11.6 Å². The molecule has 2 aromatic carbocycles. The largest absolute Gasteiger partial charge is 0.497 e. The van der Waals surface area contributed by atoms with Crippen LogP contribution in [0.4, 0.5) is 10.1 Å². The predicted molar refractivity (Wildman–Crippen MR) is 80.5 cm³/mol. The van der Waals surface area contributed by atoms with Crippen LogP contribution in [0, 0.1) is 5.82 Å². The molecule has 0 saturated heterocycles. The first-order valence-corrected chi connectivity index (χ1v) is 6.89. The van der Waals surface area contributed by atoms with Crippen LogP contribution in [0.25, 0.3) is 0 Å². The molecule has 3 nitrogen and oxygen atoms in total. The summed E-state index contributed by atoms with van der Waals surface area (Å²) in [6.45, 7) is -0.213. The molecular formula is C15H15BrFNO2. The zero-order valence-electron chi connectivity index (χ0n) is 10.9. The number of nitrogens with one attached hydrogen (secondary N) is 1. The Labute approximate surface area is 125 Å². The number of aliphatic hydroxyl groups excluding tert-OH is 1. The zero-order valence-corrected chi connectivity index (χ0v) is 12.5. The molecule has 0 bridgehead atoms. The van der Waals surface area contributed by atoms with Gasteiger partial charge in [-0.3, -0.25) is 0 Å². The van der Waals surface area contributed by atoms with Crippen LogP contribution >= 0.6 is 15.9 Å². The lowest BCUT2D eigenvalue weighted by Gasteiger charge is -2.19. The summed E-state index contributed by atoms with van der Waals surface area (Å²) in [7, 11) is 1.58. The summed E-state index contributed by atoms with van der Waals surface area (Å²) in [6.07, 6.45) is 0. The molecule has 0 saturated carbocycles. The topological polar surface area (TPSA) is 41.5 Å². The Morgan fingerprint density at radius 3 is 2.75 bits per heavy atom. The second-order valence-electron chi connectivity index (χ2n) is 4.28. The Morgan fingerprint density at radius 1 is 1.30 bits per heavy atom. The Kier molecular flexibility index (Phi) is 4.98. The minimum atomic E-state index is -0.518. The van der Waals surface area contributed by atoms with Crippen molar-refractivity contribution < 1.29 is 14.2 Å². The molecule has 106 valence electrons. The van der Waals surface area contributed by atoms with Crippen molar-refractivity contribution in [2.45, 2.75) is 6.04 Å². The average molecular weight is 340 g/mol. The van der Waals surface area contributed by atoms with E-state index in [0.717, 1.165) is 5.69 Å². The number of anilines is 1. The number of rotatable bonds is 5. The van der Waals surface area contributed by atoms with E-state index in [-0.39, 0.29) is 12.4 Å². The standard InChI is InChI=1S/C15H15BrFNO2/c1-20-12-4-2-3-11(8-12)18-15(9-19)13-6-5-10(16)7-14(13)17/h2-8,15,18-19H,9H2,1H3. The van der Waals surface area contributed by atoms with Gasteiger partial charge in [0, 0.05) is 21.8 Å². The molecule has 20 heavy (non-hydrogen) atoms. The van der Waals surface area contributed by atoms with E-state index in [1.807, 2.05) is 18.2 Å². The van der Waals surface area contributed by atoms with Crippen LogP contribution in [0.5, 0.6) is 5.75 Å². The number of hydrogen-bond donors (Lipinski definition) is 2. The minimum Gasteiger partial charge on any atom is -0.497 e. The molecule has 2 rings (SSSR count). The second kappa shape index (κ2) is 6.72. The monoisotopic (exact) mass is 339 g/mol. The number of hydrogen-bond acceptors (Lipinski definition) is 3. The van der Waals surface area contributed by atoms with E-state index in [9.17, 15) is 9.50 Å². The third-order valence-corrected chi connectivity index (χ3v) is 3.42. The fourth-order valence-corrected chi connectivity index (χ4v) is 2.25. The van der Waals surface area contributed by atoms with Crippen molar-refractivity contribution in [1.82, 2.24) is 0 Å². The summed E-state index contributed by atoms with van der Waals surface area (Å²) in [4.78, 5) is 0. The molecule has 0 radical (unpaired) electrons. The molecule has 1 atom stereocenters. The number of aliphatic hydroxyl groups is 1. The Balaban J connectivity index is 2.23. The van der Waals surface area contributed by atoms with Crippen molar-refractivity contribution in [2.75, 3.05) is 19.0 Å². The van der Waals surface area contributed by atoms with Crippen molar-refractivity contribution in [2.24, 2.45) is 0 Å². The van der Waals surface area contributed by atoms with Gasteiger partial charge in [0.15, 0.2) is 0 Å². The van der Waals surface area contributed by atoms with Crippen molar-refractivity contribution in [3.05, 3.63) is 58.3 Å². The van der Waals surface area contributed by atoms with Gasteiger partial charge in [-0.25, -0.2) is 4.39 Å². The number of benzene rings is 2. The molecule has 2 N–H and O–H groups in total. The molecule has 0 aromatic heterocycles. The van der Waals surface area contributed by atoms with E-state index in [2.05, 4.69) is 21.2 Å². The fraction of sp³-hybridized carbons (Fsp3) is 0.200. The third kappa shape index (κ3) is 3.49. The van der Waals surface area contributed by atoms with E-state index in [0.29, 0.717) is 15.8 Å². The van der Waals surface area contributed by atoms with Gasteiger partial charge in [0.05, 0.1) is 19.8 Å². The lowest BCUT2D eigenvalue weighted by Crippen LogP contribution is -2.16. The van der Waals surface area contributed by atoms with Gasteiger partial charge in [-0.1, -0.05) is 28.1 Å². The van der Waals surface area contributed by atoms with Gasteiger partial charge < -0.3 is 15.2 Å². The van der Waals surface area contributed by atoms with Crippen molar-refractivity contribution in [3.63, 3.8) is 0 Å². The normalized spacial score (nSPS) is 12.0.